The first-order valence-electron chi connectivity index (χ1n) is 7.43. The molecule has 0 N–H and O–H groups in total. The number of hydrogen-bond acceptors (Lipinski definition) is 1. The second kappa shape index (κ2) is 9.66. The summed E-state index contributed by atoms with van der Waals surface area (Å²) in [7, 11) is 0. The quantitative estimate of drug-likeness (QED) is 0.547. The molecule has 0 aliphatic heterocycles. The second-order valence-corrected chi connectivity index (χ2v) is 5.11. The van der Waals surface area contributed by atoms with Crippen molar-refractivity contribution in [2.45, 2.75) is 60.8 Å². The fraction of sp³-hybridized carbons (Fsp3) is 0.556. The van der Waals surface area contributed by atoms with E-state index in [1.807, 2.05) is 26.8 Å². The summed E-state index contributed by atoms with van der Waals surface area (Å²) in [6, 6.07) is 2.07. The maximum absolute atomic E-state index is 5.65. The van der Waals surface area contributed by atoms with Gasteiger partial charge in [0.15, 0.2) is 0 Å². The van der Waals surface area contributed by atoms with Gasteiger partial charge in [0, 0.05) is 0 Å². The second-order valence-electron chi connectivity index (χ2n) is 5.11. The molecule has 108 valence electrons. The smallest absolute Gasteiger partial charge is 0.130 e. The van der Waals surface area contributed by atoms with E-state index in [9.17, 15) is 0 Å². The van der Waals surface area contributed by atoms with E-state index in [1.54, 1.807) is 0 Å². The Labute approximate surface area is 119 Å². The molecule has 0 aliphatic carbocycles. The summed E-state index contributed by atoms with van der Waals surface area (Å²) in [6.07, 6.45) is 7.63. The van der Waals surface area contributed by atoms with Gasteiger partial charge in [-0.3, -0.25) is 0 Å². The van der Waals surface area contributed by atoms with Crippen LogP contribution in [0.5, 0.6) is 0 Å². The third kappa shape index (κ3) is 7.05. The predicted octanol–water partition coefficient (Wildman–Crippen LogP) is 6.32. The summed E-state index contributed by atoms with van der Waals surface area (Å²) >= 11 is 0. The average molecular weight is 262 g/mol. The highest BCUT2D eigenvalue weighted by Crippen LogP contribution is 2.20. The zero-order chi connectivity index (χ0) is 14.8. The van der Waals surface area contributed by atoms with E-state index >= 15 is 0 Å². The number of furan rings is 1. The van der Waals surface area contributed by atoms with Crippen molar-refractivity contribution in [2.75, 3.05) is 0 Å². The lowest BCUT2D eigenvalue weighted by atomic mass is 10.0. The van der Waals surface area contributed by atoms with Crippen molar-refractivity contribution in [1.82, 2.24) is 0 Å². The van der Waals surface area contributed by atoms with Gasteiger partial charge in [0.25, 0.3) is 0 Å². The minimum Gasteiger partial charge on any atom is -0.462 e. The lowest BCUT2D eigenvalue weighted by Crippen LogP contribution is -1.88. The summed E-state index contributed by atoms with van der Waals surface area (Å²) in [5.74, 6) is 2.72. The van der Waals surface area contributed by atoms with Crippen LogP contribution in [0.1, 0.15) is 64.0 Å². The molecule has 19 heavy (non-hydrogen) atoms. The van der Waals surface area contributed by atoms with Gasteiger partial charge in [-0.25, -0.2) is 0 Å². The SMILES string of the molecule is C=C/C(=C\c1oc(C)cc1C)CCCC(C)C.CC. The van der Waals surface area contributed by atoms with Crippen molar-refractivity contribution in [3.05, 3.63) is 41.4 Å². The van der Waals surface area contributed by atoms with E-state index in [2.05, 4.69) is 39.5 Å². The molecule has 0 aromatic carbocycles. The summed E-state index contributed by atoms with van der Waals surface area (Å²) in [5, 5.41) is 0. The number of aryl methyl sites for hydroxylation is 2. The Balaban J connectivity index is 0.00000154. The first-order chi connectivity index (χ1) is 9.02. The van der Waals surface area contributed by atoms with Crippen LogP contribution in [0, 0.1) is 19.8 Å². The fourth-order valence-corrected chi connectivity index (χ4v) is 1.92. The van der Waals surface area contributed by atoms with Crippen molar-refractivity contribution in [1.29, 1.82) is 0 Å². The topological polar surface area (TPSA) is 13.1 Å². The molecule has 1 heteroatoms. The largest absolute Gasteiger partial charge is 0.462 e. The maximum Gasteiger partial charge on any atom is 0.130 e. The molecule has 0 unspecified atom stereocenters. The molecule has 1 aromatic heterocycles. The minimum absolute atomic E-state index is 0.772. The van der Waals surface area contributed by atoms with Gasteiger partial charge in [-0.2, -0.15) is 0 Å². The van der Waals surface area contributed by atoms with Crippen LogP contribution in [0.25, 0.3) is 6.08 Å². The molecule has 0 bridgehead atoms. The minimum atomic E-state index is 0.772. The highest BCUT2D eigenvalue weighted by atomic mass is 16.3. The van der Waals surface area contributed by atoms with E-state index in [-0.39, 0.29) is 0 Å². The molecule has 1 aromatic rings. The van der Waals surface area contributed by atoms with Gasteiger partial charge in [-0.05, 0) is 55.9 Å². The van der Waals surface area contributed by atoms with Crippen LogP contribution < -0.4 is 0 Å². The Hall–Kier alpha value is -1.24. The highest BCUT2D eigenvalue weighted by molar-refractivity contribution is 5.54. The first kappa shape index (κ1) is 17.8. The lowest BCUT2D eigenvalue weighted by Gasteiger charge is -2.05. The Kier molecular flexibility index (Phi) is 9.03. The molecule has 1 rings (SSSR count). The number of hydrogen-bond donors (Lipinski definition) is 0. The zero-order valence-corrected chi connectivity index (χ0v) is 13.5. The van der Waals surface area contributed by atoms with Gasteiger partial charge in [-0.15, -0.1) is 0 Å². The number of rotatable bonds is 6. The predicted molar refractivity (Wildman–Crippen MR) is 86.4 cm³/mol. The summed E-state index contributed by atoms with van der Waals surface area (Å²) in [4.78, 5) is 0. The monoisotopic (exact) mass is 262 g/mol. The van der Waals surface area contributed by atoms with E-state index in [0.29, 0.717) is 0 Å². The Morgan fingerprint density at radius 2 is 1.95 bits per heavy atom. The third-order valence-electron chi connectivity index (χ3n) is 2.90. The normalized spacial score (nSPS) is 11.2. The molecule has 1 nitrogen and oxygen atoms in total. The Morgan fingerprint density at radius 3 is 2.37 bits per heavy atom. The Morgan fingerprint density at radius 1 is 1.32 bits per heavy atom. The van der Waals surface area contributed by atoms with Crippen molar-refractivity contribution in [3.8, 4) is 0 Å². The van der Waals surface area contributed by atoms with Crippen LogP contribution in [0.2, 0.25) is 0 Å². The molecule has 0 radical (unpaired) electrons. The van der Waals surface area contributed by atoms with Crippen LogP contribution in [-0.2, 0) is 0 Å². The zero-order valence-electron chi connectivity index (χ0n) is 13.5. The lowest BCUT2D eigenvalue weighted by molar-refractivity contribution is 0.522. The summed E-state index contributed by atoms with van der Waals surface area (Å²) in [6.45, 7) is 16.5. The molecule has 0 atom stereocenters. The van der Waals surface area contributed by atoms with Gasteiger partial charge in [0.1, 0.15) is 11.5 Å². The van der Waals surface area contributed by atoms with E-state index < -0.39 is 0 Å². The standard InChI is InChI=1S/C16H24O.C2H6/c1-6-15(9-7-8-12(2)3)11-16-13(4)10-14(5)17-16;1-2/h6,10-12H,1,7-9H2,2-5H3;1-2H3/b15-11+;. The van der Waals surface area contributed by atoms with E-state index in [4.69, 9.17) is 4.42 Å². The molecular formula is C18H30O. The fourth-order valence-electron chi connectivity index (χ4n) is 1.92. The van der Waals surface area contributed by atoms with Crippen LogP contribution in [0.15, 0.2) is 28.7 Å². The van der Waals surface area contributed by atoms with Crippen molar-refractivity contribution >= 4 is 6.08 Å². The van der Waals surface area contributed by atoms with E-state index in [1.165, 1.54) is 24.0 Å². The first-order valence-corrected chi connectivity index (χ1v) is 7.43. The molecule has 1 heterocycles. The molecule has 0 saturated heterocycles. The third-order valence-corrected chi connectivity index (χ3v) is 2.90. The van der Waals surface area contributed by atoms with Crippen LogP contribution in [0.3, 0.4) is 0 Å². The van der Waals surface area contributed by atoms with Crippen LogP contribution >= 0.6 is 0 Å². The molecular weight excluding hydrogens is 232 g/mol. The summed E-state index contributed by atoms with van der Waals surface area (Å²) < 4.78 is 5.65. The molecule has 0 spiro atoms. The number of allylic oxidation sites excluding steroid dienone is 2. The molecule has 0 aliphatic rings. The Bertz CT molecular complexity index is 394. The molecule has 0 saturated carbocycles. The van der Waals surface area contributed by atoms with Crippen molar-refractivity contribution in [2.24, 2.45) is 5.92 Å². The van der Waals surface area contributed by atoms with Gasteiger partial charge in [-0.1, -0.05) is 46.8 Å². The van der Waals surface area contributed by atoms with Gasteiger partial charge in [0.2, 0.25) is 0 Å². The van der Waals surface area contributed by atoms with Crippen LogP contribution in [0.4, 0.5) is 0 Å². The molecule has 0 amide bonds. The van der Waals surface area contributed by atoms with Gasteiger partial charge >= 0.3 is 0 Å². The van der Waals surface area contributed by atoms with Crippen LogP contribution in [-0.4, -0.2) is 0 Å². The van der Waals surface area contributed by atoms with Gasteiger partial charge < -0.3 is 4.42 Å². The van der Waals surface area contributed by atoms with Crippen molar-refractivity contribution in [3.63, 3.8) is 0 Å². The van der Waals surface area contributed by atoms with Crippen molar-refractivity contribution < 1.29 is 4.42 Å². The highest BCUT2D eigenvalue weighted by Gasteiger charge is 2.03. The average Bonchev–Trinajstić information content (AvgIpc) is 2.68. The van der Waals surface area contributed by atoms with E-state index in [0.717, 1.165) is 23.9 Å². The maximum atomic E-state index is 5.65. The molecule has 0 fully saturated rings. The van der Waals surface area contributed by atoms with Gasteiger partial charge in [0.05, 0.1) is 0 Å². The summed E-state index contributed by atoms with van der Waals surface area (Å²) in [5.41, 5.74) is 2.47.